The van der Waals surface area contributed by atoms with Gasteiger partial charge < -0.3 is 4.74 Å². The molecule has 0 radical (unpaired) electrons. The van der Waals surface area contributed by atoms with Gasteiger partial charge in [0.15, 0.2) is 5.78 Å². The first kappa shape index (κ1) is 16.7. The lowest BCUT2D eigenvalue weighted by Crippen LogP contribution is -2.43. The molecule has 1 amide bonds. The first-order chi connectivity index (χ1) is 10.2. The number of hydrogen-bond donors (Lipinski definition) is 0. The summed E-state index contributed by atoms with van der Waals surface area (Å²) in [7, 11) is 0. The summed E-state index contributed by atoms with van der Waals surface area (Å²) in [6.07, 6.45) is 0.719. The van der Waals surface area contributed by atoms with Crippen LogP contribution < -0.4 is 0 Å². The lowest BCUT2D eigenvalue weighted by molar-refractivity contribution is 0.0222. The maximum absolute atomic E-state index is 13.4. The summed E-state index contributed by atoms with van der Waals surface area (Å²) in [6.45, 7) is 5.76. The Bertz CT molecular complexity index is 577. The Morgan fingerprint density at radius 1 is 1.32 bits per heavy atom. The molecule has 0 aliphatic carbocycles. The number of hydrogen-bond acceptors (Lipinski definition) is 3. The molecule has 1 aliphatic heterocycles. The Kier molecular flexibility index (Phi) is 4.75. The van der Waals surface area contributed by atoms with E-state index in [1.54, 1.807) is 20.8 Å². The van der Waals surface area contributed by atoms with Crippen molar-refractivity contribution in [1.82, 2.24) is 4.90 Å². The summed E-state index contributed by atoms with van der Waals surface area (Å²) in [4.78, 5) is 26.2. The molecular formula is C16H19ClFNO3. The van der Waals surface area contributed by atoms with Gasteiger partial charge in [0.25, 0.3) is 0 Å². The predicted molar refractivity (Wildman–Crippen MR) is 81.7 cm³/mol. The lowest BCUT2D eigenvalue weighted by atomic mass is 10.0. The average molecular weight is 328 g/mol. The van der Waals surface area contributed by atoms with Crippen LogP contribution in [-0.2, 0) is 4.74 Å². The molecular weight excluding hydrogens is 309 g/mol. The summed E-state index contributed by atoms with van der Waals surface area (Å²) in [5.74, 6) is -0.887. The third-order valence-electron chi connectivity index (χ3n) is 3.33. The minimum absolute atomic E-state index is 0.158. The van der Waals surface area contributed by atoms with E-state index in [1.807, 2.05) is 0 Å². The monoisotopic (exact) mass is 327 g/mol. The lowest BCUT2D eigenvalue weighted by Gasteiger charge is -2.28. The van der Waals surface area contributed by atoms with E-state index in [0.717, 1.165) is 12.1 Å². The van der Waals surface area contributed by atoms with Crippen LogP contribution in [0, 0.1) is 5.82 Å². The van der Waals surface area contributed by atoms with Gasteiger partial charge in [-0.15, -0.1) is 0 Å². The highest BCUT2D eigenvalue weighted by atomic mass is 35.5. The van der Waals surface area contributed by atoms with Crippen LogP contribution in [-0.4, -0.2) is 35.0 Å². The highest BCUT2D eigenvalue weighted by Gasteiger charge is 2.37. The van der Waals surface area contributed by atoms with E-state index in [4.69, 9.17) is 16.3 Å². The largest absolute Gasteiger partial charge is 0.444 e. The molecule has 0 spiro atoms. The van der Waals surface area contributed by atoms with E-state index in [1.165, 1.54) is 11.0 Å². The molecule has 1 aromatic rings. The van der Waals surface area contributed by atoms with Crippen LogP contribution in [0.3, 0.4) is 0 Å². The van der Waals surface area contributed by atoms with E-state index in [2.05, 4.69) is 0 Å². The van der Waals surface area contributed by atoms with Crippen LogP contribution in [0.15, 0.2) is 18.2 Å². The molecule has 0 saturated carbocycles. The summed E-state index contributed by atoms with van der Waals surface area (Å²) in [5, 5.41) is 0.158. The van der Waals surface area contributed by atoms with Crippen molar-refractivity contribution >= 4 is 23.5 Å². The first-order valence-corrected chi connectivity index (χ1v) is 7.55. The maximum Gasteiger partial charge on any atom is 0.410 e. The highest BCUT2D eigenvalue weighted by Crippen LogP contribution is 2.25. The minimum atomic E-state index is -0.632. The third-order valence-corrected chi connectivity index (χ3v) is 3.55. The highest BCUT2D eigenvalue weighted by molar-refractivity contribution is 6.31. The second-order valence-corrected chi connectivity index (χ2v) is 6.79. The molecule has 1 aliphatic rings. The number of rotatable bonds is 2. The van der Waals surface area contributed by atoms with Crippen LogP contribution in [0.5, 0.6) is 0 Å². The van der Waals surface area contributed by atoms with Gasteiger partial charge in [-0.1, -0.05) is 11.6 Å². The number of likely N-dealkylation sites (tertiary alicyclic amines) is 1. The van der Waals surface area contributed by atoms with Gasteiger partial charge >= 0.3 is 6.09 Å². The number of Topliss-reactive ketones (excluding diaryl/α,β-unsaturated/α-hetero) is 1. The second kappa shape index (κ2) is 6.24. The molecule has 0 N–H and O–H groups in total. The van der Waals surface area contributed by atoms with Crippen molar-refractivity contribution < 1.29 is 18.7 Å². The quantitative estimate of drug-likeness (QED) is 0.769. The fourth-order valence-electron chi connectivity index (χ4n) is 2.47. The summed E-state index contributed by atoms with van der Waals surface area (Å²) >= 11 is 5.79. The number of carbonyl (C=O) groups excluding carboxylic acids is 2. The van der Waals surface area contributed by atoms with Crippen molar-refractivity contribution in [2.24, 2.45) is 0 Å². The number of ketones is 1. The average Bonchev–Trinajstić information content (AvgIpc) is 2.83. The van der Waals surface area contributed by atoms with Gasteiger partial charge in [0.2, 0.25) is 0 Å². The van der Waals surface area contributed by atoms with E-state index in [-0.39, 0.29) is 16.4 Å². The molecule has 22 heavy (non-hydrogen) atoms. The summed E-state index contributed by atoms with van der Waals surface area (Å²) in [6, 6.07) is 3.06. The van der Waals surface area contributed by atoms with E-state index in [0.29, 0.717) is 19.4 Å². The smallest absolute Gasteiger partial charge is 0.410 e. The number of amides is 1. The molecule has 4 nitrogen and oxygen atoms in total. The fraction of sp³-hybridized carbons (Fsp3) is 0.500. The van der Waals surface area contributed by atoms with Gasteiger partial charge in [0.1, 0.15) is 11.4 Å². The molecule has 0 unspecified atom stereocenters. The van der Waals surface area contributed by atoms with Crippen LogP contribution in [0.4, 0.5) is 9.18 Å². The van der Waals surface area contributed by atoms with Gasteiger partial charge in [-0.3, -0.25) is 9.69 Å². The van der Waals surface area contributed by atoms with Crippen molar-refractivity contribution in [2.45, 2.75) is 45.3 Å². The molecule has 1 atom stereocenters. The maximum atomic E-state index is 13.4. The van der Waals surface area contributed by atoms with Gasteiger partial charge in [-0.2, -0.15) is 0 Å². The van der Waals surface area contributed by atoms with Crippen LogP contribution in [0.25, 0.3) is 0 Å². The summed E-state index contributed by atoms with van der Waals surface area (Å²) in [5.41, 5.74) is -0.458. The van der Waals surface area contributed by atoms with Gasteiger partial charge in [0, 0.05) is 17.1 Å². The van der Waals surface area contributed by atoms with Gasteiger partial charge in [-0.05, 0) is 51.8 Å². The fourth-order valence-corrected chi connectivity index (χ4v) is 2.69. The first-order valence-electron chi connectivity index (χ1n) is 7.17. The Labute approximate surface area is 134 Å². The van der Waals surface area contributed by atoms with E-state index >= 15 is 0 Å². The van der Waals surface area contributed by atoms with Gasteiger partial charge in [0.05, 0.1) is 6.04 Å². The Morgan fingerprint density at radius 3 is 2.59 bits per heavy atom. The van der Waals surface area contributed by atoms with Crippen molar-refractivity contribution in [1.29, 1.82) is 0 Å². The topological polar surface area (TPSA) is 46.6 Å². The van der Waals surface area contributed by atoms with Crippen molar-refractivity contribution in [3.63, 3.8) is 0 Å². The standard InChI is InChI=1S/C16H19ClFNO3/c1-16(2,3)22-15(21)19-6-4-5-13(19)14(20)10-7-11(17)9-12(18)8-10/h7-9,13H,4-6H2,1-3H3/t13-/m0/s1. The number of halogens is 2. The molecule has 0 aromatic heterocycles. The number of benzene rings is 1. The van der Waals surface area contributed by atoms with Crippen molar-refractivity contribution in [2.75, 3.05) is 6.54 Å². The van der Waals surface area contributed by atoms with E-state index < -0.39 is 23.6 Å². The Morgan fingerprint density at radius 2 is 2.00 bits per heavy atom. The minimum Gasteiger partial charge on any atom is -0.444 e. The number of carbonyl (C=O) groups is 2. The van der Waals surface area contributed by atoms with Crippen molar-refractivity contribution in [3.8, 4) is 0 Å². The van der Waals surface area contributed by atoms with Crippen LogP contribution in [0.1, 0.15) is 44.0 Å². The molecule has 1 fully saturated rings. The molecule has 0 bridgehead atoms. The molecule has 2 rings (SSSR count). The molecule has 6 heteroatoms. The normalized spacial score (nSPS) is 18.4. The molecule has 1 saturated heterocycles. The predicted octanol–water partition coefficient (Wildman–Crippen LogP) is 4.06. The molecule has 1 heterocycles. The van der Waals surface area contributed by atoms with Crippen molar-refractivity contribution in [3.05, 3.63) is 34.6 Å². The zero-order valence-corrected chi connectivity index (χ0v) is 13.6. The zero-order chi connectivity index (χ0) is 16.5. The Balaban J connectivity index is 2.19. The molecule has 1 aromatic carbocycles. The second-order valence-electron chi connectivity index (χ2n) is 6.35. The van der Waals surface area contributed by atoms with Crippen LogP contribution >= 0.6 is 11.6 Å². The third kappa shape index (κ3) is 3.97. The molecule has 120 valence electrons. The Hall–Kier alpha value is -1.62. The SMILES string of the molecule is CC(C)(C)OC(=O)N1CCC[C@H]1C(=O)c1cc(F)cc(Cl)c1. The number of ether oxygens (including phenoxy) is 1. The van der Waals surface area contributed by atoms with Gasteiger partial charge in [-0.25, -0.2) is 9.18 Å². The number of nitrogens with zero attached hydrogens (tertiary/aromatic N) is 1. The summed E-state index contributed by atoms with van der Waals surface area (Å²) < 4.78 is 18.7. The van der Waals surface area contributed by atoms with Crippen LogP contribution in [0.2, 0.25) is 5.02 Å². The van der Waals surface area contributed by atoms with E-state index in [9.17, 15) is 14.0 Å². The zero-order valence-electron chi connectivity index (χ0n) is 12.9.